The molecule has 1 aromatic heterocycles. The van der Waals surface area contributed by atoms with Crippen molar-refractivity contribution in [2.24, 2.45) is 0 Å². The van der Waals surface area contributed by atoms with Crippen LogP contribution in [-0.4, -0.2) is 35.1 Å². The Hall–Kier alpha value is -3.15. The minimum Gasteiger partial charge on any atom is -0.419 e. The van der Waals surface area contributed by atoms with Crippen LogP contribution in [0.15, 0.2) is 59.0 Å². The molecule has 3 rings (SSSR count). The maximum atomic E-state index is 12.0. The molecule has 1 N–H and O–H groups in total. The maximum Gasteiger partial charge on any atom is 0.247 e. The Morgan fingerprint density at radius 1 is 1.04 bits per heavy atom. The first kappa shape index (κ1) is 16.7. The molecule has 1 amide bonds. The molecule has 0 saturated heterocycles. The molecule has 0 aliphatic carbocycles. The third-order valence-corrected chi connectivity index (χ3v) is 3.78. The van der Waals surface area contributed by atoms with Crippen LogP contribution in [0.1, 0.15) is 11.5 Å². The monoisotopic (exact) mass is 336 g/mol. The predicted molar refractivity (Wildman–Crippen MR) is 95.9 cm³/mol. The van der Waals surface area contributed by atoms with Crippen molar-refractivity contribution in [3.63, 3.8) is 0 Å². The van der Waals surface area contributed by atoms with E-state index in [-0.39, 0.29) is 5.91 Å². The number of carbonyl (C=O) groups excluding carboxylic acids is 1. The third-order valence-electron chi connectivity index (χ3n) is 3.78. The number of benzene rings is 2. The first-order valence-corrected chi connectivity index (χ1v) is 8.03. The highest BCUT2D eigenvalue weighted by molar-refractivity contribution is 5.80. The van der Waals surface area contributed by atoms with Gasteiger partial charge in [-0.1, -0.05) is 36.4 Å². The van der Waals surface area contributed by atoms with Gasteiger partial charge in [0.2, 0.25) is 17.7 Å². The number of carbonyl (C=O) groups is 1. The first-order valence-electron chi connectivity index (χ1n) is 8.03. The number of aromatic nitrogens is 2. The van der Waals surface area contributed by atoms with E-state index in [1.165, 1.54) is 0 Å². The van der Waals surface area contributed by atoms with Gasteiger partial charge in [-0.05, 0) is 23.8 Å². The molecule has 0 atom stereocenters. The van der Waals surface area contributed by atoms with Crippen molar-refractivity contribution in [2.75, 3.05) is 19.4 Å². The lowest BCUT2D eigenvalue weighted by Crippen LogP contribution is -2.23. The number of likely N-dealkylation sites (N-methyl/N-ethyl adjacent to an activating group) is 1. The van der Waals surface area contributed by atoms with Crippen molar-refractivity contribution < 1.29 is 9.21 Å². The van der Waals surface area contributed by atoms with Crippen LogP contribution in [0.25, 0.3) is 11.5 Å². The summed E-state index contributed by atoms with van der Waals surface area (Å²) in [6.07, 6.45) is 0.343. The van der Waals surface area contributed by atoms with Crippen molar-refractivity contribution in [1.82, 2.24) is 15.1 Å². The zero-order chi connectivity index (χ0) is 17.6. The molecule has 0 unspecified atom stereocenters. The van der Waals surface area contributed by atoms with Crippen molar-refractivity contribution in [1.29, 1.82) is 0 Å². The summed E-state index contributed by atoms with van der Waals surface area (Å²) in [5.74, 6) is 1.04. The van der Waals surface area contributed by atoms with Crippen LogP contribution < -0.4 is 5.32 Å². The van der Waals surface area contributed by atoms with Crippen LogP contribution in [0.3, 0.4) is 0 Å². The van der Waals surface area contributed by atoms with Gasteiger partial charge in [0.05, 0.1) is 13.0 Å². The molecule has 128 valence electrons. The second-order valence-corrected chi connectivity index (χ2v) is 5.84. The number of nitrogens with zero attached hydrogens (tertiary/aromatic N) is 3. The summed E-state index contributed by atoms with van der Waals surface area (Å²) in [7, 11) is 3.50. The normalized spacial score (nSPS) is 10.5. The van der Waals surface area contributed by atoms with E-state index < -0.39 is 0 Å². The lowest BCUT2D eigenvalue weighted by molar-refractivity contribution is -0.127. The fourth-order valence-corrected chi connectivity index (χ4v) is 2.36. The number of rotatable bonds is 6. The molecule has 25 heavy (non-hydrogen) atoms. The van der Waals surface area contributed by atoms with Crippen LogP contribution in [0.5, 0.6) is 0 Å². The molecule has 0 spiro atoms. The zero-order valence-corrected chi connectivity index (χ0v) is 14.3. The summed E-state index contributed by atoms with van der Waals surface area (Å²) < 4.78 is 5.69. The highest BCUT2D eigenvalue weighted by Gasteiger charge is 2.11. The number of hydrogen-bond acceptors (Lipinski definition) is 5. The van der Waals surface area contributed by atoms with Crippen LogP contribution >= 0.6 is 0 Å². The molecule has 0 aliphatic heterocycles. The highest BCUT2D eigenvalue weighted by Crippen LogP contribution is 2.19. The third kappa shape index (κ3) is 4.23. The zero-order valence-electron chi connectivity index (χ0n) is 14.3. The summed E-state index contributed by atoms with van der Waals surface area (Å²) in [5.41, 5.74) is 2.71. The van der Waals surface area contributed by atoms with Gasteiger partial charge in [-0.3, -0.25) is 4.79 Å². The van der Waals surface area contributed by atoms with E-state index in [4.69, 9.17) is 4.42 Å². The highest BCUT2D eigenvalue weighted by atomic mass is 16.4. The standard InChI is InChI=1S/C19H20N4O2/c1-23(2)18(24)12-15-10-6-7-11-16(15)20-13-17-21-22-19(25-17)14-8-4-3-5-9-14/h3-11,20H,12-13H2,1-2H3. The van der Waals surface area contributed by atoms with Gasteiger partial charge in [-0.15, -0.1) is 10.2 Å². The molecule has 2 aromatic carbocycles. The Labute approximate surface area is 146 Å². The SMILES string of the molecule is CN(C)C(=O)Cc1ccccc1NCc1nnc(-c2ccccc2)o1. The molecule has 0 saturated carbocycles. The van der Waals surface area contributed by atoms with Gasteiger partial charge in [0.15, 0.2) is 0 Å². The molecular formula is C19H20N4O2. The quantitative estimate of drug-likeness (QED) is 0.749. The van der Waals surface area contributed by atoms with Gasteiger partial charge in [0.25, 0.3) is 0 Å². The number of anilines is 1. The number of para-hydroxylation sites is 1. The molecule has 0 radical (unpaired) electrons. The summed E-state index contributed by atoms with van der Waals surface area (Å²) in [6, 6.07) is 17.4. The van der Waals surface area contributed by atoms with E-state index in [0.717, 1.165) is 16.8 Å². The smallest absolute Gasteiger partial charge is 0.247 e. The first-order chi connectivity index (χ1) is 12.1. The second-order valence-electron chi connectivity index (χ2n) is 5.84. The summed E-state index contributed by atoms with van der Waals surface area (Å²) in [5, 5.41) is 11.4. The predicted octanol–water partition coefficient (Wildman–Crippen LogP) is 2.98. The fourth-order valence-electron chi connectivity index (χ4n) is 2.36. The van der Waals surface area contributed by atoms with Gasteiger partial charge >= 0.3 is 0 Å². The Bertz CT molecular complexity index is 843. The topological polar surface area (TPSA) is 71.3 Å². The van der Waals surface area contributed by atoms with Crippen molar-refractivity contribution in [3.05, 3.63) is 66.1 Å². The fraction of sp³-hybridized carbons (Fsp3) is 0.211. The largest absolute Gasteiger partial charge is 0.419 e. The van der Waals surface area contributed by atoms with Gasteiger partial charge in [0.1, 0.15) is 0 Å². The Balaban J connectivity index is 1.68. The Morgan fingerprint density at radius 3 is 2.52 bits per heavy atom. The van der Waals surface area contributed by atoms with E-state index in [0.29, 0.717) is 24.7 Å². The van der Waals surface area contributed by atoms with Crippen LogP contribution in [-0.2, 0) is 17.8 Å². The summed E-state index contributed by atoms with van der Waals surface area (Å²) >= 11 is 0. The molecule has 0 fully saturated rings. The van der Waals surface area contributed by atoms with Crippen molar-refractivity contribution >= 4 is 11.6 Å². The van der Waals surface area contributed by atoms with Gasteiger partial charge in [0, 0.05) is 25.3 Å². The molecule has 0 bridgehead atoms. The van der Waals surface area contributed by atoms with E-state index in [1.54, 1.807) is 19.0 Å². The maximum absolute atomic E-state index is 12.0. The molecule has 3 aromatic rings. The van der Waals surface area contributed by atoms with Gasteiger partial charge < -0.3 is 14.6 Å². The number of hydrogen-bond donors (Lipinski definition) is 1. The molecule has 0 aliphatic rings. The van der Waals surface area contributed by atoms with E-state index >= 15 is 0 Å². The Kier molecular flexibility index (Phi) is 5.09. The number of amides is 1. The Morgan fingerprint density at radius 2 is 1.76 bits per heavy atom. The van der Waals surface area contributed by atoms with Crippen molar-refractivity contribution in [2.45, 2.75) is 13.0 Å². The van der Waals surface area contributed by atoms with Gasteiger partial charge in [-0.25, -0.2) is 0 Å². The van der Waals surface area contributed by atoms with E-state index in [1.807, 2.05) is 54.6 Å². The van der Waals surface area contributed by atoms with E-state index in [2.05, 4.69) is 15.5 Å². The average molecular weight is 336 g/mol. The molecule has 6 nitrogen and oxygen atoms in total. The lowest BCUT2D eigenvalue weighted by Gasteiger charge is -2.13. The average Bonchev–Trinajstić information content (AvgIpc) is 3.10. The summed E-state index contributed by atoms with van der Waals surface area (Å²) in [4.78, 5) is 13.5. The number of nitrogens with one attached hydrogen (secondary N) is 1. The van der Waals surface area contributed by atoms with E-state index in [9.17, 15) is 4.79 Å². The van der Waals surface area contributed by atoms with Crippen LogP contribution in [0, 0.1) is 0 Å². The van der Waals surface area contributed by atoms with Crippen LogP contribution in [0.2, 0.25) is 0 Å². The van der Waals surface area contributed by atoms with Crippen molar-refractivity contribution in [3.8, 4) is 11.5 Å². The molecule has 6 heteroatoms. The minimum atomic E-state index is 0.0541. The second kappa shape index (κ2) is 7.61. The minimum absolute atomic E-state index is 0.0541. The van der Waals surface area contributed by atoms with Crippen LogP contribution in [0.4, 0.5) is 5.69 Å². The molecular weight excluding hydrogens is 316 g/mol. The lowest BCUT2D eigenvalue weighted by atomic mass is 10.1. The van der Waals surface area contributed by atoms with Gasteiger partial charge in [-0.2, -0.15) is 0 Å². The molecule has 1 heterocycles. The summed E-state index contributed by atoms with van der Waals surface area (Å²) in [6.45, 7) is 0.396.